The zero-order valence-corrected chi connectivity index (χ0v) is 13.1. The van der Waals surface area contributed by atoms with Crippen molar-refractivity contribution in [2.24, 2.45) is 0 Å². The lowest BCUT2D eigenvalue weighted by Gasteiger charge is -2.05. The van der Waals surface area contributed by atoms with Crippen molar-refractivity contribution in [1.29, 1.82) is 0 Å². The molecule has 3 aromatic rings. The number of hydrogen-bond acceptors (Lipinski definition) is 2. The highest BCUT2D eigenvalue weighted by Gasteiger charge is 2.39. The Morgan fingerprint density at radius 1 is 0.875 bits per heavy atom. The Hall–Kier alpha value is -2.60. The predicted octanol–water partition coefficient (Wildman–Crippen LogP) is 5.58. The van der Waals surface area contributed by atoms with Crippen LogP contribution in [0.1, 0.15) is 0 Å². The molecule has 6 heteroatoms. The van der Waals surface area contributed by atoms with Crippen molar-refractivity contribution >= 4 is 22.2 Å². The number of nitrogens with one attached hydrogen (secondary N) is 1. The fraction of sp³-hybridized carbons (Fsp3) is 0.0556. The molecule has 0 unspecified atom stereocenters. The van der Waals surface area contributed by atoms with E-state index in [1.54, 1.807) is 6.07 Å². The average Bonchev–Trinajstić information content (AvgIpc) is 2.99. The lowest BCUT2D eigenvalue weighted by atomic mass is 10.0. The van der Waals surface area contributed by atoms with E-state index in [-0.39, 0.29) is 5.00 Å². The molecule has 122 valence electrons. The quantitative estimate of drug-likeness (QED) is 0.658. The Morgan fingerprint density at radius 2 is 1.42 bits per heavy atom. The van der Waals surface area contributed by atoms with E-state index in [0.29, 0.717) is 0 Å². The highest BCUT2D eigenvalue weighted by Crippen LogP contribution is 2.42. The van der Waals surface area contributed by atoms with Crippen LogP contribution in [-0.4, -0.2) is 12.1 Å². The molecule has 0 aliphatic heterocycles. The summed E-state index contributed by atoms with van der Waals surface area (Å²) >= 11 is 1.12. The number of carbonyl (C=O) groups is 1. The Morgan fingerprint density at radius 3 is 1.96 bits per heavy atom. The highest BCUT2D eigenvalue weighted by molar-refractivity contribution is 7.20. The van der Waals surface area contributed by atoms with Crippen molar-refractivity contribution in [2.75, 3.05) is 5.32 Å². The number of hydrogen-bond donors (Lipinski definition) is 1. The van der Waals surface area contributed by atoms with Gasteiger partial charge in [-0.3, -0.25) is 4.79 Å². The van der Waals surface area contributed by atoms with Crippen LogP contribution in [0, 0.1) is 0 Å². The van der Waals surface area contributed by atoms with Gasteiger partial charge in [0, 0.05) is 10.4 Å². The molecule has 0 fully saturated rings. The van der Waals surface area contributed by atoms with Gasteiger partial charge in [-0.15, -0.1) is 11.3 Å². The van der Waals surface area contributed by atoms with Gasteiger partial charge in [-0.2, -0.15) is 13.2 Å². The number of benzene rings is 2. The molecule has 0 radical (unpaired) electrons. The molecule has 0 aliphatic rings. The monoisotopic (exact) mass is 347 g/mol. The van der Waals surface area contributed by atoms with E-state index in [4.69, 9.17) is 0 Å². The number of thiophene rings is 1. The van der Waals surface area contributed by atoms with Crippen LogP contribution in [0.5, 0.6) is 0 Å². The lowest BCUT2D eigenvalue weighted by Crippen LogP contribution is -2.29. The van der Waals surface area contributed by atoms with Crippen LogP contribution in [0.25, 0.3) is 21.6 Å². The molecule has 0 bridgehead atoms. The number of rotatable bonds is 3. The molecule has 1 heterocycles. The summed E-state index contributed by atoms with van der Waals surface area (Å²) in [5.41, 5.74) is 2.54. The van der Waals surface area contributed by atoms with Gasteiger partial charge in [-0.1, -0.05) is 60.7 Å². The topological polar surface area (TPSA) is 29.1 Å². The molecular weight excluding hydrogens is 335 g/mol. The molecule has 0 spiro atoms. The largest absolute Gasteiger partial charge is 0.471 e. The van der Waals surface area contributed by atoms with Crippen LogP contribution in [0.2, 0.25) is 0 Å². The Bertz CT molecular complexity index is 785. The van der Waals surface area contributed by atoms with Crippen molar-refractivity contribution in [1.82, 2.24) is 0 Å². The maximum absolute atomic E-state index is 12.5. The van der Waals surface area contributed by atoms with Crippen LogP contribution < -0.4 is 5.32 Å². The zero-order chi connectivity index (χ0) is 17.2. The summed E-state index contributed by atoms with van der Waals surface area (Å²) in [5, 5.41) is 2.10. The van der Waals surface area contributed by atoms with E-state index in [0.717, 1.165) is 32.9 Å². The first kappa shape index (κ1) is 16.3. The van der Waals surface area contributed by atoms with Gasteiger partial charge in [0.25, 0.3) is 0 Å². The van der Waals surface area contributed by atoms with Crippen molar-refractivity contribution in [3.8, 4) is 21.6 Å². The van der Waals surface area contributed by atoms with Crippen molar-refractivity contribution in [3.05, 3.63) is 66.7 Å². The molecule has 3 rings (SSSR count). The van der Waals surface area contributed by atoms with Gasteiger partial charge >= 0.3 is 12.1 Å². The average molecular weight is 347 g/mol. The molecule has 2 aromatic carbocycles. The van der Waals surface area contributed by atoms with Crippen LogP contribution in [0.3, 0.4) is 0 Å². The summed E-state index contributed by atoms with van der Waals surface area (Å²) in [4.78, 5) is 12.0. The molecule has 0 saturated heterocycles. The van der Waals surface area contributed by atoms with E-state index in [1.165, 1.54) is 0 Å². The van der Waals surface area contributed by atoms with Crippen molar-refractivity contribution in [2.45, 2.75) is 6.18 Å². The summed E-state index contributed by atoms with van der Waals surface area (Å²) in [5.74, 6) is -1.97. The van der Waals surface area contributed by atoms with Gasteiger partial charge in [0.15, 0.2) is 0 Å². The third-order valence-electron chi connectivity index (χ3n) is 3.35. The van der Waals surface area contributed by atoms with Crippen LogP contribution in [0.4, 0.5) is 18.2 Å². The smallest absolute Gasteiger partial charge is 0.310 e. The number of amides is 1. The van der Waals surface area contributed by atoms with Crippen molar-refractivity contribution < 1.29 is 18.0 Å². The van der Waals surface area contributed by atoms with Gasteiger partial charge in [-0.05, 0) is 17.2 Å². The summed E-state index contributed by atoms with van der Waals surface area (Å²) in [6, 6.07) is 20.3. The molecule has 0 saturated carbocycles. The normalized spacial score (nSPS) is 11.3. The van der Waals surface area contributed by atoms with Crippen LogP contribution in [-0.2, 0) is 4.79 Å². The molecule has 2 nitrogen and oxygen atoms in total. The SMILES string of the molecule is O=C(Nc1cc(-c2ccccc2)c(-c2ccccc2)s1)C(F)(F)F. The van der Waals surface area contributed by atoms with E-state index in [1.807, 2.05) is 66.0 Å². The van der Waals surface area contributed by atoms with Gasteiger partial charge in [0.2, 0.25) is 0 Å². The van der Waals surface area contributed by atoms with E-state index in [9.17, 15) is 18.0 Å². The Balaban J connectivity index is 2.05. The maximum atomic E-state index is 12.5. The Labute approximate surface area is 140 Å². The second-order valence-electron chi connectivity index (χ2n) is 5.04. The molecule has 1 N–H and O–H groups in total. The first-order valence-corrected chi connectivity index (χ1v) is 7.89. The fourth-order valence-electron chi connectivity index (χ4n) is 2.27. The molecular formula is C18H12F3NOS. The zero-order valence-electron chi connectivity index (χ0n) is 12.3. The first-order valence-electron chi connectivity index (χ1n) is 7.08. The Kier molecular flexibility index (Phi) is 4.40. The fourth-order valence-corrected chi connectivity index (χ4v) is 3.35. The number of halogens is 3. The summed E-state index contributed by atoms with van der Waals surface area (Å²) in [7, 11) is 0. The number of carbonyl (C=O) groups excluding carboxylic acids is 1. The summed E-state index contributed by atoms with van der Waals surface area (Å²) in [6.07, 6.45) is -4.91. The molecule has 1 aromatic heterocycles. The van der Waals surface area contributed by atoms with E-state index in [2.05, 4.69) is 0 Å². The maximum Gasteiger partial charge on any atom is 0.471 e. The van der Waals surface area contributed by atoms with Gasteiger partial charge in [-0.25, -0.2) is 0 Å². The molecule has 0 atom stereocenters. The predicted molar refractivity (Wildman–Crippen MR) is 89.9 cm³/mol. The number of anilines is 1. The third-order valence-corrected chi connectivity index (χ3v) is 4.45. The number of alkyl halides is 3. The standard InChI is InChI=1S/C18H12F3NOS/c19-18(20,21)17(23)22-15-11-14(12-7-3-1-4-8-12)16(24-15)13-9-5-2-6-10-13/h1-11H,(H,22,23). The van der Waals surface area contributed by atoms with Crippen molar-refractivity contribution in [3.63, 3.8) is 0 Å². The minimum Gasteiger partial charge on any atom is -0.310 e. The summed E-state index contributed by atoms with van der Waals surface area (Å²) < 4.78 is 37.4. The van der Waals surface area contributed by atoms with Gasteiger partial charge in [0.1, 0.15) is 0 Å². The summed E-state index contributed by atoms with van der Waals surface area (Å²) in [6.45, 7) is 0. The van der Waals surface area contributed by atoms with E-state index >= 15 is 0 Å². The van der Waals surface area contributed by atoms with Gasteiger partial charge in [0.05, 0.1) is 5.00 Å². The minimum absolute atomic E-state index is 0.162. The highest BCUT2D eigenvalue weighted by atomic mass is 32.1. The second kappa shape index (κ2) is 6.49. The molecule has 1 amide bonds. The first-order chi connectivity index (χ1) is 11.4. The third kappa shape index (κ3) is 3.49. The van der Waals surface area contributed by atoms with Crippen LogP contribution >= 0.6 is 11.3 Å². The lowest BCUT2D eigenvalue weighted by molar-refractivity contribution is -0.167. The second-order valence-corrected chi connectivity index (χ2v) is 6.09. The van der Waals surface area contributed by atoms with E-state index < -0.39 is 12.1 Å². The molecule has 24 heavy (non-hydrogen) atoms. The minimum atomic E-state index is -4.91. The van der Waals surface area contributed by atoms with Gasteiger partial charge < -0.3 is 5.32 Å². The van der Waals surface area contributed by atoms with Crippen LogP contribution in [0.15, 0.2) is 66.7 Å². The molecule has 0 aliphatic carbocycles.